The minimum Gasteiger partial charge on any atom is -0.265 e. The highest BCUT2D eigenvalue weighted by molar-refractivity contribution is 8.39. The second-order valence-corrected chi connectivity index (χ2v) is 4.47. The van der Waals surface area contributed by atoms with Gasteiger partial charge in [0.25, 0.3) is 0 Å². The van der Waals surface area contributed by atoms with Gasteiger partial charge in [-0.1, -0.05) is 11.8 Å². The van der Waals surface area contributed by atoms with Crippen LogP contribution in [0.1, 0.15) is 13.8 Å². The van der Waals surface area contributed by atoms with E-state index in [1.807, 2.05) is 20.1 Å². The predicted molar refractivity (Wildman–Crippen MR) is 54.5 cm³/mol. The number of thioether (sulfide) groups is 2. The zero-order valence-electron chi connectivity index (χ0n) is 7.44. The summed E-state index contributed by atoms with van der Waals surface area (Å²) in [6, 6.07) is 0.198. The van der Waals surface area contributed by atoms with Crippen molar-refractivity contribution in [3.05, 3.63) is 0 Å². The van der Waals surface area contributed by atoms with Gasteiger partial charge in [0.05, 0.1) is 12.6 Å². The second-order valence-electron chi connectivity index (χ2n) is 2.33. The van der Waals surface area contributed by atoms with Crippen molar-refractivity contribution in [2.24, 2.45) is 4.99 Å². The first-order chi connectivity index (χ1) is 5.77. The summed E-state index contributed by atoms with van der Waals surface area (Å²) >= 11 is 3.28. The maximum atomic E-state index is 5.13. The molecule has 0 amide bonds. The van der Waals surface area contributed by atoms with E-state index in [1.165, 1.54) is 0 Å². The summed E-state index contributed by atoms with van der Waals surface area (Å²) < 4.78 is 1.08. The van der Waals surface area contributed by atoms with E-state index in [4.69, 9.17) is 9.78 Å². The van der Waals surface area contributed by atoms with Crippen LogP contribution in [0.4, 0.5) is 0 Å². The lowest BCUT2D eigenvalue weighted by atomic mass is 10.4. The van der Waals surface area contributed by atoms with Crippen molar-refractivity contribution in [2.45, 2.75) is 25.3 Å². The normalized spacial score (nSPS) is 29.1. The molecule has 5 heteroatoms. The monoisotopic (exact) mass is 207 g/mol. The van der Waals surface area contributed by atoms with Gasteiger partial charge in [0.2, 0.25) is 0 Å². The van der Waals surface area contributed by atoms with Crippen molar-refractivity contribution in [3.8, 4) is 0 Å². The lowest BCUT2D eigenvalue weighted by molar-refractivity contribution is -0.302. The summed E-state index contributed by atoms with van der Waals surface area (Å²) in [6.07, 6.45) is 2.02. The number of rotatable bonds is 3. The molecular weight excluding hydrogens is 194 g/mol. The lowest BCUT2D eigenvalue weighted by Gasteiger charge is -2.11. The molecule has 70 valence electrons. The number of nitrogens with zero attached hydrogens (tertiary/aromatic N) is 1. The topological polar surface area (TPSA) is 30.8 Å². The first-order valence-corrected chi connectivity index (χ1v) is 5.95. The third-order valence-corrected chi connectivity index (χ3v) is 3.63. The summed E-state index contributed by atoms with van der Waals surface area (Å²) in [5.41, 5.74) is 0.0346. The van der Waals surface area contributed by atoms with Gasteiger partial charge in [-0.25, -0.2) is 9.78 Å². The van der Waals surface area contributed by atoms with Crippen molar-refractivity contribution >= 4 is 27.9 Å². The van der Waals surface area contributed by atoms with E-state index < -0.39 is 0 Å². The second kappa shape index (κ2) is 5.11. The summed E-state index contributed by atoms with van der Waals surface area (Å²) in [6.45, 7) is 4.51. The molecule has 0 spiro atoms. The van der Waals surface area contributed by atoms with Crippen molar-refractivity contribution < 1.29 is 9.78 Å². The fourth-order valence-corrected chi connectivity index (χ4v) is 2.51. The Labute approximate surface area is 81.2 Å². The minimum atomic E-state index is 0.0346. The molecule has 0 aromatic heterocycles. The molecule has 2 atom stereocenters. The molecule has 0 N–H and O–H groups in total. The fourth-order valence-electron chi connectivity index (χ4n) is 0.791. The van der Waals surface area contributed by atoms with Crippen LogP contribution in [0.2, 0.25) is 0 Å². The minimum absolute atomic E-state index is 0.0346. The van der Waals surface area contributed by atoms with Crippen molar-refractivity contribution in [3.63, 3.8) is 0 Å². The van der Waals surface area contributed by atoms with Gasteiger partial charge in [0, 0.05) is 0 Å². The molecule has 2 unspecified atom stereocenters. The van der Waals surface area contributed by atoms with Gasteiger partial charge in [-0.15, -0.1) is 11.8 Å². The molecule has 1 aliphatic heterocycles. The summed E-state index contributed by atoms with van der Waals surface area (Å²) in [4.78, 5) is 14.4. The van der Waals surface area contributed by atoms with Gasteiger partial charge in [0.15, 0.2) is 5.44 Å². The van der Waals surface area contributed by atoms with Gasteiger partial charge in [-0.2, -0.15) is 0 Å². The van der Waals surface area contributed by atoms with Crippen LogP contribution in [0, 0.1) is 0 Å². The van der Waals surface area contributed by atoms with Gasteiger partial charge in [-0.05, 0) is 20.1 Å². The van der Waals surface area contributed by atoms with Gasteiger partial charge in [-0.3, -0.25) is 4.99 Å². The van der Waals surface area contributed by atoms with Crippen molar-refractivity contribution in [2.75, 3.05) is 12.9 Å². The van der Waals surface area contributed by atoms with Crippen LogP contribution >= 0.6 is 23.5 Å². The zero-order chi connectivity index (χ0) is 8.97. The third-order valence-electron chi connectivity index (χ3n) is 1.38. The molecule has 0 aromatic carbocycles. The highest BCUT2D eigenvalue weighted by Gasteiger charge is 2.27. The summed E-state index contributed by atoms with van der Waals surface area (Å²) in [5, 5.41) is 0. The Morgan fingerprint density at radius 3 is 2.92 bits per heavy atom. The average Bonchev–Trinajstić information content (AvgIpc) is 2.43. The number of aliphatic imine (C=N–C) groups is 1. The molecule has 1 aliphatic rings. The van der Waals surface area contributed by atoms with Crippen LogP contribution in [-0.2, 0) is 9.78 Å². The van der Waals surface area contributed by atoms with Crippen LogP contribution in [0.15, 0.2) is 4.99 Å². The van der Waals surface area contributed by atoms with E-state index in [0.717, 1.165) is 4.38 Å². The van der Waals surface area contributed by atoms with E-state index in [1.54, 1.807) is 23.5 Å². The molecule has 0 bridgehead atoms. The molecule has 0 saturated heterocycles. The van der Waals surface area contributed by atoms with Crippen molar-refractivity contribution in [1.29, 1.82) is 0 Å². The fraction of sp³-hybridized carbons (Fsp3) is 0.857. The van der Waals surface area contributed by atoms with E-state index >= 15 is 0 Å². The molecule has 0 saturated carbocycles. The SMILES string of the molecule is CCOOC1SC(SC)=NC1C. The Morgan fingerprint density at radius 2 is 2.42 bits per heavy atom. The average molecular weight is 207 g/mol. The number of hydrogen-bond donors (Lipinski definition) is 0. The Kier molecular flexibility index (Phi) is 4.42. The molecule has 1 rings (SSSR count). The maximum Gasteiger partial charge on any atom is 0.167 e. The summed E-state index contributed by atoms with van der Waals surface area (Å²) in [5.74, 6) is 0. The first-order valence-electron chi connectivity index (χ1n) is 3.84. The standard InChI is InChI=1S/C7H13NO2S2/c1-4-9-10-6-5(2)8-7(11-3)12-6/h5-6H,4H2,1-3H3. The third kappa shape index (κ3) is 2.65. The maximum absolute atomic E-state index is 5.13. The van der Waals surface area contributed by atoms with Crippen LogP contribution in [0.3, 0.4) is 0 Å². The molecule has 0 fully saturated rings. The molecule has 1 heterocycles. The summed E-state index contributed by atoms with van der Waals surface area (Å²) in [7, 11) is 0. The van der Waals surface area contributed by atoms with E-state index in [2.05, 4.69) is 4.99 Å². The van der Waals surface area contributed by atoms with Gasteiger partial charge >= 0.3 is 0 Å². The van der Waals surface area contributed by atoms with E-state index in [9.17, 15) is 0 Å². The smallest absolute Gasteiger partial charge is 0.167 e. The highest BCUT2D eigenvalue weighted by atomic mass is 32.2. The van der Waals surface area contributed by atoms with Crippen molar-refractivity contribution in [1.82, 2.24) is 0 Å². The molecular formula is C7H13NO2S2. The Hall–Kier alpha value is 0.290. The molecule has 3 nitrogen and oxygen atoms in total. The predicted octanol–water partition coefficient (Wildman–Crippen LogP) is 2.13. The largest absolute Gasteiger partial charge is 0.265 e. The Bertz CT molecular complexity index is 175. The van der Waals surface area contributed by atoms with Crippen LogP contribution in [0.25, 0.3) is 0 Å². The Morgan fingerprint density at radius 1 is 1.67 bits per heavy atom. The first kappa shape index (κ1) is 10.4. The van der Waals surface area contributed by atoms with Crippen LogP contribution in [0.5, 0.6) is 0 Å². The van der Waals surface area contributed by atoms with E-state index in [0.29, 0.717) is 6.61 Å². The lowest BCUT2D eigenvalue weighted by Crippen LogP contribution is -2.17. The molecule has 0 aliphatic carbocycles. The highest BCUT2D eigenvalue weighted by Crippen LogP contribution is 2.32. The van der Waals surface area contributed by atoms with Gasteiger partial charge < -0.3 is 0 Å². The van der Waals surface area contributed by atoms with Crippen LogP contribution in [-0.4, -0.2) is 28.7 Å². The van der Waals surface area contributed by atoms with Gasteiger partial charge in [0.1, 0.15) is 4.38 Å². The Balaban J connectivity index is 2.32. The zero-order valence-corrected chi connectivity index (χ0v) is 9.08. The molecule has 0 aromatic rings. The molecule has 0 radical (unpaired) electrons. The van der Waals surface area contributed by atoms with E-state index in [-0.39, 0.29) is 11.5 Å². The quantitative estimate of drug-likeness (QED) is 0.524. The van der Waals surface area contributed by atoms with Crippen LogP contribution < -0.4 is 0 Å². The molecule has 12 heavy (non-hydrogen) atoms. The number of hydrogen-bond acceptors (Lipinski definition) is 5.